The van der Waals surface area contributed by atoms with Crippen molar-refractivity contribution in [3.8, 4) is 12.3 Å². The van der Waals surface area contributed by atoms with Crippen LogP contribution in [0.15, 0.2) is 6.33 Å². The number of hydrogen-bond donors (Lipinski definition) is 1. The summed E-state index contributed by atoms with van der Waals surface area (Å²) in [7, 11) is 0. The Morgan fingerprint density at radius 3 is 2.09 bits per heavy atom. The van der Waals surface area contributed by atoms with E-state index in [0.29, 0.717) is 6.42 Å². The van der Waals surface area contributed by atoms with Crippen LogP contribution in [0.2, 0.25) is 0 Å². The lowest BCUT2D eigenvalue weighted by molar-refractivity contribution is -0.166. The number of fused-ring (bicyclic) bond motifs is 1. The highest BCUT2D eigenvalue weighted by atomic mass is 19.1. The van der Waals surface area contributed by atoms with Gasteiger partial charge in [-0.15, -0.1) is 6.42 Å². The molecule has 0 saturated carbocycles. The molecule has 0 aliphatic carbocycles. The maximum absolute atomic E-state index is 14.0. The molecule has 2 aromatic rings. The fourth-order valence-corrected chi connectivity index (χ4v) is 5.75. The molecule has 250 valence electrons. The summed E-state index contributed by atoms with van der Waals surface area (Å²) < 4.78 is 33.3. The molecule has 0 spiro atoms. The maximum Gasteiger partial charge on any atom is 0.312 e. The largest absolute Gasteiger partial charge is 0.461 e. The van der Waals surface area contributed by atoms with Gasteiger partial charge in [0, 0.05) is 19.3 Å². The van der Waals surface area contributed by atoms with Gasteiger partial charge in [0.05, 0.1) is 6.33 Å². The van der Waals surface area contributed by atoms with Gasteiger partial charge >= 0.3 is 18.0 Å². The molecule has 2 N–H and O–H groups in total. The Bertz CT molecular complexity index is 1250. The van der Waals surface area contributed by atoms with Crippen LogP contribution in [0.5, 0.6) is 0 Å². The molecule has 11 heteroatoms. The summed E-state index contributed by atoms with van der Waals surface area (Å²) in [5, 5.41) is 0. The van der Waals surface area contributed by atoms with Crippen LogP contribution in [-0.4, -0.2) is 49.8 Å². The number of rotatable bonds is 22. The van der Waals surface area contributed by atoms with Crippen molar-refractivity contribution in [2.24, 2.45) is 0 Å². The minimum atomic E-state index is -1.54. The Kier molecular flexibility index (Phi) is 15.5. The first-order chi connectivity index (χ1) is 21.8. The zero-order chi connectivity index (χ0) is 32.5. The minimum absolute atomic E-state index is 0.110. The van der Waals surface area contributed by atoms with Crippen LogP contribution in [-0.2, 0) is 23.8 Å². The second-order valence-electron chi connectivity index (χ2n) is 12.1. The number of nitrogens with two attached hydrogens (primary N) is 1. The number of esters is 2. The molecule has 1 unspecified atom stereocenters. The van der Waals surface area contributed by atoms with Gasteiger partial charge in [0.2, 0.25) is 5.60 Å². The monoisotopic (exact) mass is 629 g/mol. The summed E-state index contributed by atoms with van der Waals surface area (Å²) >= 11 is 0. The third-order valence-electron chi connectivity index (χ3n) is 8.45. The van der Waals surface area contributed by atoms with Crippen molar-refractivity contribution in [1.82, 2.24) is 19.5 Å². The Hall–Kier alpha value is -3.26. The van der Waals surface area contributed by atoms with E-state index in [1.807, 2.05) is 0 Å². The standard InChI is InChI=1S/C34H52FN5O5/c1-4-7-9-11-13-15-17-19-21-28(41)43-24-34(6-3)26(44-29(42)22-20-18-16-14-12-10-8-5-2)23-27(45-34)40-25-37-30-31(36)38-33(35)39-32(30)40/h3,25-27H,4-5,7-24H2,1-2H3,(H2,36,38,39)/t26?,27-,34-/m1/s1. The number of aromatic nitrogens is 4. The van der Waals surface area contributed by atoms with E-state index in [9.17, 15) is 14.0 Å². The van der Waals surface area contributed by atoms with E-state index in [0.717, 1.165) is 38.5 Å². The van der Waals surface area contributed by atoms with E-state index in [1.165, 1.54) is 68.7 Å². The first-order valence-corrected chi connectivity index (χ1v) is 17.0. The third kappa shape index (κ3) is 11.2. The molecule has 1 fully saturated rings. The summed E-state index contributed by atoms with van der Waals surface area (Å²) in [5.74, 6) is 1.72. The number of carbonyl (C=O) groups excluding carboxylic acids is 2. The van der Waals surface area contributed by atoms with Crippen molar-refractivity contribution >= 4 is 28.9 Å². The summed E-state index contributed by atoms with van der Waals surface area (Å²) in [4.78, 5) is 37.2. The summed E-state index contributed by atoms with van der Waals surface area (Å²) in [6.07, 6.45) is 23.0. The molecule has 2 aromatic heterocycles. The van der Waals surface area contributed by atoms with Crippen LogP contribution in [0, 0.1) is 18.4 Å². The zero-order valence-corrected chi connectivity index (χ0v) is 27.2. The van der Waals surface area contributed by atoms with E-state index in [-0.39, 0.29) is 48.8 Å². The van der Waals surface area contributed by atoms with Gasteiger partial charge in [-0.1, -0.05) is 110 Å². The van der Waals surface area contributed by atoms with E-state index in [2.05, 4.69) is 34.7 Å². The molecule has 0 amide bonds. The summed E-state index contributed by atoms with van der Waals surface area (Å²) in [6.45, 7) is 4.11. The molecule has 3 heterocycles. The first-order valence-electron chi connectivity index (χ1n) is 17.0. The smallest absolute Gasteiger partial charge is 0.312 e. The third-order valence-corrected chi connectivity index (χ3v) is 8.45. The number of carbonyl (C=O) groups is 2. The second-order valence-corrected chi connectivity index (χ2v) is 12.1. The number of ether oxygens (including phenoxy) is 3. The topological polar surface area (TPSA) is 131 Å². The van der Waals surface area contributed by atoms with Crippen molar-refractivity contribution in [1.29, 1.82) is 0 Å². The van der Waals surface area contributed by atoms with Crippen LogP contribution in [0.25, 0.3) is 11.2 Å². The molecule has 1 aliphatic heterocycles. The molecular weight excluding hydrogens is 577 g/mol. The van der Waals surface area contributed by atoms with Crippen molar-refractivity contribution in [2.75, 3.05) is 12.3 Å². The fraction of sp³-hybridized carbons (Fsp3) is 0.735. The molecular formula is C34H52FN5O5. The molecule has 45 heavy (non-hydrogen) atoms. The number of imidazole rings is 1. The fourth-order valence-electron chi connectivity index (χ4n) is 5.75. The first kappa shape index (κ1) is 36.2. The van der Waals surface area contributed by atoms with Gasteiger partial charge in [-0.3, -0.25) is 14.2 Å². The molecule has 3 atom stereocenters. The molecule has 0 aromatic carbocycles. The Labute approximate surface area is 267 Å². The molecule has 1 aliphatic rings. The van der Waals surface area contributed by atoms with Crippen LogP contribution >= 0.6 is 0 Å². The lowest BCUT2D eigenvalue weighted by atomic mass is 9.98. The molecule has 0 bridgehead atoms. The molecule has 10 nitrogen and oxygen atoms in total. The number of anilines is 1. The van der Waals surface area contributed by atoms with Crippen LogP contribution in [0.4, 0.5) is 10.2 Å². The normalized spacial score (nSPS) is 19.5. The van der Waals surface area contributed by atoms with Gasteiger partial charge in [0.1, 0.15) is 18.9 Å². The summed E-state index contributed by atoms with van der Waals surface area (Å²) in [5.41, 5.74) is 4.63. The minimum Gasteiger partial charge on any atom is -0.461 e. The molecule has 1 saturated heterocycles. The number of hydrogen-bond acceptors (Lipinski definition) is 9. The Balaban J connectivity index is 1.61. The predicted molar refractivity (Wildman–Crippen MR) is 171 cm³/mol. The summed E-state index contributed by atoms with van der Waals surface area (Å²) in [6, 6.07) is 0. The van der Waals surface area contributed by atoms with E-state index >= 15 is 0 Å². The van der Waals surface area contributed by atoms with Gasteiger partial charge in [-0.2, -0.15) is 14.4 Å². The number of nitrogens with zero attached hydrogens (tertiary/aromatic N) is 4. The van der Waals surface area contributed by atoms with Crippen LogP contribution < -0.4 is 5.73 Å². The number of unbranched alkanes of at least 4 members (excludes halogenated alkanes) is 14. The lowest BCUT2D eigenvalue weighted by Gasteiger charge is -2.28. The van der Waals surface area contributed by atoms with E-state index < -0.39 is 30.0 Å². The zero-order valence-electron chi connectivity index (χ0n) is 27.2. The van der Waals surface area contributed by atoms with Crippen molar-refractivity contribution in [3.63, 3.8) is 0 Å². The van der Waals surface area contributed by atoms with Gasteiger partial charge < -0.3 is 19.9 Å². The average molecular weight is 630 g/mol. The van der Waals surface area contributed by atoms with Gasteiger partial charge in [-0.05, 0) is 12.8 Å². The Morgan fingerprint density at radius 1 is 0.956 bits per heavy atom. The van der Waals surface area contributed by atoms with Crippen LogP contribution in [0.3, 0.4) is 0 Å². The van der Waals surface area contributed by atoms with Gasteiger partial charge in [-0.25, -0.2) is 4.98 Å². The van der Waals surface area contributed by atoms with Gasteiger partial charge in [0.15, 0.2) is 17.0 Å². The lowest BCUT2D eigenvalue weighted by Crippen LogP contribution is -2.45. The highest BCUT2D eigenvalue weighted by Crippen LogP contribution is 2.40. The highest BCUT2D eigenvalue weighted by Gasteiger charge is 2.52. The van der Waals surface area contributed by atoms with Crippen LogP contribution in [0.1, 0.15) is 142 Å². The van der Waals surface area contributed by atoms with Gasteiger partial charge in [0.25, 0.3) is 0 Å². The number of halogens is 1. The number of terminal acetylenes is 1. The highest BCUT2D eigenvalue weighted by molar-refractivity contribution is 5.81. The quantitative estimate of drug-likeness (QED) is 0.0614. The second kappa shape index (κ2) is 19.3. The molecule has 0 radical (unpaired) electrons. The van der Waals surface area contributed by atoms with Crippen molar-refractivity contribution in [3.05, 3.63) is 12.4 Å². The maximum atomic E-state index is 14.0. The molecule has 3 rings (SSSR count). The number of nitrogen functional groups attached to an aromatic ring is 1. The predicted octanol–water partition coefficient (Wildman–Crippen LogP) is 7.36. The Morgan fingerprint density at radius 2 is 1.51 bits per heavy atom. The van der Waals surface area contributed by atoms with Crippen molar-refractivity contribution < 1.29 is 28.2 Å². The van der Waals surface area contributed by atoms with E-state index in [4.69, 9.17) is 26.4 Å². The SMILES string of the molecule is C#C[C@]1(COC(=O)CCCCCCCCCC)O[C@@H](n2cnc3c(N)nc(F)nc32)CC1OC(=O)CCCCCCCCCC. The van der Waals surface area contributed by atoms with Crippen molar-refractivity contribution in [2.45, 2.75) is 154 Å². The van der Waals surface area contributed by atoms with E-state index in [1.54, 1.807) is 0 Å². The average Bonchev–Trinajstić information content (AvgIpc) is 3.60.